The monoisotopic (exact) mass is 292 g/mol. The van der Waals surface area contributed by atoms with Crippen molar-refractivity contribution < 1.29 is 9.53 Å². The lowest BCUT2D eigenvalue weighted by atomic mass is 10.0. The SMILES string of the molecule is CCOC(=O)c1cc(N2CCCC(N(C)C)C2)ncc1N. The first-order chi connectivity index (χ1) is 10.0. The number of piperidine rings is 1. The Hall–Kier alpha value is -1.82. The summed E-state index contributed by atoms with van der Waals surface area (Å²) >= 11 is 0. The van der Waals surface area contributed by atoms with Gasteiger partial charge in [0.1, 0.15) is 5.82 Å². The highest BCUT2D eigenvalue weighted by atomic mass is 16.5. The Morgan fingerprint density at radius 1 is 1.57 bits per heavy atom. The van der Waals surface area contributed by atoms with E-state index in [0.717, 1.165) is 25.3 Å². The molecule has 1 atom stereocenters. The normalized spacial score (nSPS) is 18.9. The number of hydrogen-bond acceptors (Lipinski definition) is 6. The van der Waals surface area contributed by atoms with E-state index in [-0.39, 0.29) is 5.97 Å². The van der Waals surface area contributed by atoms with Crippen molar-refractivity contribution in [1.82, 2.24) is 9.88 Å². The molecule has 1 aliphatic rings. The van der Waals surface area contributed by atoms with Crippen molar-refractivity contribution in [2.45, 2.75) is 25.8 Å². The van der Waals surface area contributed by atoms with E-state index in [4.69, 9.17) is 10.5 Å². The molecule has 0 spiro atoms. The van der Waals surface area contributed by atoms with Crippen LogP contribution in [0.25, 0.3) is 0 Å². The molecule has 1 fully saturated rings. The van der Waals surface area contributed by atoms with Crippen molar-refractivity contribution in [1.29, 1.82) is 0 Å². The average Bonchev–Trinajstić information content (AvgIpc) is 2.48. The van der Waals surface area contributed by atoms with Gasteiger partial charge in [0.15, 0.2) is 0 Å². The number of ether oxygens (including phenoxy) is 1. The third-order valence-corrected chi connectivity index (χ3v) is 3.87. The van der Waals surface area contributed by atoms with Gasteiger partial charge in [0, 0.05) is 19.1 Å². The molecule has 1 aromatic rings. The van der Waals surface area contributed by atoms with E-state index >= 15 is 0 Å². The number of nitrogens with two attached hydrogens (primary N) is 1. The largest absolute Gasteiger partial charge is 0.462 e. The van der Waals surface area contributed by atoms with Crippen LogP contribution >= 0.6 is 0 Å². The standard InChI is InChI=1S/C15H24N4O2/c1-4-21-15(20)12-8-14(17-9-13(12)16)19-7-5-6-11(10-19)18(2)3/h8-9,11H,4-7,10,16H2,1-3H3. The van der Waals surface area contributed by atoms with Crippen LogP contribution in [0, 0.1) is 0 Å². The lowest BCUT2D eigenvalue weighted by molar-refractivity contribution is 0.0527. The summed E-state index contributed by atoms with van der Waals surface area (Å²) in [5.74, 6) is 0.402. The zero-order chi connectivity index (χ0) is 15.4. The number of carbonyl (C=O) groups is 1. The minimum Gasteiger partial charge on any atom is -0.462 e. The number of rotatable bonds is 4. The molecule has 116 valence electrons. The maximum atomic E-state index is 11.9. The van der Waals surface area contributed by atoms with Crippen molar-refractivity contribution >= 4 is 17.5 Å². The third-order valence-electron chi connectivity index (χ3n) is 3.87. The van der Waals surface area contributed by atoms with E-state index in [1.165, 1.54) is 6.42 Å². The third kappa shape index (κ3) is 3.64. The summed E-state index contributed by atoms with van der Waals surface area (Å²) in [7, 11) is 4.18. The van der Waals surface area contributed by atoms with Crippen LogP contribution in [0.3, 0.4) is 0 Å². The van der Waals surface area contributed by atoms with E-state index in [1.54, 1.807) is 19.2 Å². The van der Waals surface area contributed by atoms with Crippen LogP contribution in [-0.2, 0) is 4.74 Å². The quantitative estimate of drug-likeness (QED) is 0.845. The first kappa shape index (κ1) is 15.6. The zero-order valence-corrected chi connectivity index (χ0v) is 13.0. The highest BCUT2D eigenvalue weighted by molar-refractivity contribution is 5.95. The molecular formula is C15H24N4O2. The first-order valence-corrected chi connectivity index (χ1v) is 7.37. The van der Waals surface area contributed by atoms with Gasteiger partial charge in [0.2, 0.25) is 0 Å². The van der Waals surface area contributed by atoms with Crippen LogP contribution < -0.4 is 10.6 Å². The molecule has 6 heteroatoms. The van der Waals surface area contributed by atoms with Gasteiger partial charge in [-0.25, -0.2) is 9.78 Å². The predicted octanol–water partition coefficient (Wildman–Crippen LogP) is 1.37. The highest BCUT2D eigenvalue weighted by Gasteiger charge is 2.23. The number of hydrogen-bond donors (Lipinski definition) is 1. The van der Waals surface area contributed by atoms with E-state index in [1.807, 2.05) is 0 Å². The van der Waals surface area contributed by atoms with Crippen molar-refractivity contribution in [3.05, 3.63) is 17.8 Å². The molecule has 0 bridgehead atoms. The maximum Gasteiger partial charge on any atom is 0.340 e. The number of nitrogen functional groups attached to an aromatic ring is 1. The topological polar surface area (TPSA) is 71.7 Å². The molecule has 0 radical (unpaired) electrons. The van der Waals surface area contributed by atoms with Gasteiger partial charge in [-0.15, -0.1) is 0 Å². The molecule has 1 saturated heterocycles. The summed E-state index contributed by atoms with van der Waals surface area (Å²) in [5, 5.41) is 0. The molecule has 1 aromatic heterocycles. The number of likely N-dealkylation sites (N-methyl/N-ethyl adjacent to an activating group) is 1. The Balaban J connectivity index is 2.20. The number of nitrogens with zero attached hydrogens (tertiary/aromatic N) is 3. The van der Waals surface area contributed by atoms with Gasteiger partial charge in [-0.2, -0.15) is 0 Å². The van der Waals surface area contributed by atoms with Crippen LogP contribution in [-0.4, -0.2) is 55.7 Å². The second-order valence-electron chi connectivity index (χ2n) is 5.56. The van der Waals surface area contributed by atoms with Crippen molar-refractivity contribution in [2.75, 3.05) is 44.4 Å². The molecular weight excluding hydrogens is 268 g/mol. The fourth-order valence-electron chi connectivity index (χ4n) is 2.60. The second-order valence-corrected chi connectivity index (χ2v) is 5.56. The Bertz CT molecular complexity index is 504. The summed E-state index contributed by atoms with van der Waals surface area (Å²) in [5.41, 5.74) is 6.59. The first-order valence-electron chi connectivity index (χ1n) is 7.37. The summed E-state index contributed by atoms with van der Waals surface area (Å²) in [4.78, 5) is 20.7. The fourth-order valence-corrected chi connectivity index (χ4v) is 2.60. The van der Waals surface area contributed by atoms with E-state index in [2.05, 4.69) is 28.9 Å². The van der Waals surface area contributed by atoms with Gasteiger partial charge < -0.3 is 20.3 Å². The summed E-state index contributed by atoms with van der Waals surface area (Å²) in [6.07, 6.45) is 3.84. The Morgan fingerprint density at radius 3 is 3.00 bits per heavy atom. The lowest BCUT2D eigenvalue weighted by Gasteiger charge is -2.36. The van der Waals surface area contributed by atoms with Crippen LogP contribution in [0.2, 0.25) is 0 Å². The van der Waals surface area contributed by atoms with Crippen molar-refractivity contribution in [3.63, 3.8) is 0 Å². The fraction of sp³-hybridized carbons (Fsp3) is 0.600. The molecule has 0 aromatic carbocycles. The number of anilines is 2. The Labute approximate surface area is 125 Å². The summed E-state index contributed by atoms with van der Waals surface area (Å²) < 4.78 is 5.04. The number of carbonyl (C=O) groups excluding carboxylic acids is 1. The number of esters is 1. The Morgan fingerprint density at radius 2 is 2.33 bits per heavy atom. The van der Waals surface area contributed by atoms with E-state index in [9.17, 15) is 4.79 Å². The van der Waals surface area contributed by atoms with Gasteiger partial charge in [-0.05, 0) is 39.9 Å². The Kier molecular flexibility index (Phi) is 5.01. The second kappa shape index (κ2) is 6.76. The molecule has 6 nitrogen and oxygen atoms in total. The van der Waals surface area contributed by atoms with Crippen LogP contribution in [0.1, 0.15) is 30.1 Å². The molecule has 1 unspecified atom stereocenters. The highest BCUT2D eigenvalue weighted by Crippen LogP contribution is 2.23. The van der Waals surface area contributed by atoms with Gasteiger partial charge in [0.05, 0.1) is 24.1 Å². The minimum atomic E-state index is -0.389. The molecule has 0 amide bonds. The summed E-state index contributed by atoms with van der Waals surface area (Å²) in [6.45, 7) is 3.97. The number of aromatic nitrogens is 1. The summed E-state index contributed by atoms with van der Waals surface area (Å²) in [6, 6.07) is 2.25. The molecule has 2 rings (SSSR count). The van der Waals surface area contributed by atoms with Crippen LogP contribution in [0.15, 0.2) is 12.3 Å². The molecule has 0 aliphatic carbocycles. The smallest absolute Gasteiger partial charge is 0.340 e. The molecule has 0 saturated carbocycles. The molecule has 2 heterocycles. The van der Waals surface area contributed by atoms with Crippen molar-refractivity contribution in [3.8, 4) is 0 Å². The molecule has 2 N–H and O–H groups in total. The predicted molar refractivity (Wildman–Crippen MR) is 83.5 cm³/mol. The van der Waals surface area contributed by atoms with Gasteiger partial charge in [-0.1, -0.05) is 0 Å². The molecule has 1 aliphatic heterocycles. The van der Waals surface area contributed by atoms with Gasteiger partial charge in [0.25, 0.3) is 0 Å². The van der Waals surface area contributed by atoms with Crippen LogP contribution in [0.4, 0.5) is 11.5 Å². The average molecular weight is 292 g/mol. The number of pyridine rings is 1. The van der Waals surface area contributed by atoms with Crippen LogP contribution in [0.5, 0.6) is 0 Å². The zero-order valence-electron chi connectivity index (χ0n) is 13.0. The maximum absolute atomic E-state index is 11.9. The van der Waals surface area contributed by atoms with E-state index < -0.39 is 0 Å². The lowest BCUT2D eigenvalue weighted by Crippen LogP contribution is -2.45. The van der Waals surface area contributed by atoms with Gasteiger partial charge in [-0.3, -0.25) is 0 Å². The van der Waals surface area contributed by atoms with Crippen molar-refractivity contribution in [2.24, 2.45) is 0 Å². The molecule has 21 heavy (non-hydrogen) atoms. The van der Waals surface area contributed by atoms with Gasteiger partial charge >= 0.3 is 5.97 Å². The van der Waals surface area contributed by atoms with E-state index in [0.29, 0.717) is 23.9 Å². The minimum absolute atomic E-state index is 0.336.